The summed E-state index contributed by atoms with van der Waals surface area (Å²) in [6.45, 7) is 1.41. The molecule has 1 aromatic heterocycles. The van der Waals surface area contributed by atoms with E-state index >= 15 is 0 Å². The molecule has 8 nitrogen and oxygen atoms in total. The average Bonchev–Trinajstić information content (AvgIpc) is 2.56. The Bertz CT molecular complexity index is 577. The maximum Gasteiger partial charge on any atom is 0.254 e. The summed E-state index contributed by atoms with van der Waals surface area (Å²) in [5.41, 5.74) is 5.70. The molecule has 3 rings (SSSR count). The van der Waals surface area contributed by atoms with E-state index in [0.717, 1.165) is 38.7 Å². The molecule has 0 radical (unpaired) electrons. The molecule has 1 aromatic rings. The number of rotatable bonds is 5. The van der Waals surface area contributed by atoms with Gasteiger partial charge >= 0.3 is 0 Å². The smallest absolute Gasteiger partial charge is 0.254 e. The predicted molar refractivity (Wildman–Crippen MR) is 89.9 cm³/mol. The summed E-state index contributed by atoms with van der Waals surface area (Å²) in [5.74, 6) is 0.312. The summed E-state index contributed by atoms with van der Waals surface area (Å²) in [6, 6.07) is 0.246. The molecule has 0 spiro atoms. The SMILES string of the molecule is NC(=O)c1cnc(NC2CCCOC2)nc1NC1CCC[C@H](O)C1. The molecular weight excluding hydrogens is 310 g/mol. The number of aliphatic hydroxyl groups excluding tert-OH is 1. The Hall–Kier alpha value is -1.93. The first-order valence-corrected chi connectivity index (χ1v) is 8.57. The van der Waals surface area contributed by atoms with E-state index in [2.05, 4.69) is 20.6 Å². The van der Waals surface area contributed by atoms with Gasteiger partial charge in [0.2, 0.25) is 5.95 Å². The zero-order chi connectivity index (χ0) is 16.9. The first kappa shape index (κ1) is 16.9. The van der Waals surface area contributed by atoms with Gasteiger partial charge in [-0.2, -0.15) is 4.98 Å². The molecule has 1 aliphatic carbocycles. The van der Waals surface area contributed by atoms with Crippen LogP contribution < -0.4 is 16.4 Å². The summed E-state index contributed by atoms with van der Waals surface area (Å²) in [7, 11) is 0. The largest absolute Gasteiger partial charge is 0.393 e. The normalized spacial score (nSPS) is 27.5. The van der Waals surface area contributed by atoms with Crippen LogP contribution in [-0.4, -0.2) is 52.4 Å². The molecule has 3 atom stereocenters. The Kier molecular flexibility index (Phi) is 5.47. The first-order valence-electron chi connectivity index (χ1n) is 8.57. The standard InChI is InChI=1S/C16H25N5O3/c17-14(23)13-8-18-16(20-11-4-2-6-24-9-11)21-15(13)19-10-3-1-5-12(22)7-10/h8,10-12,22H,1-7,9H2,(H2,17,23)(H2,18,19,20,21)/t10?,11?,12-/m0/s1. The molecule has 1 saturated heterocycles. The maximum absolute atomic E-state index is 11.6. The number of hydrogen-bond acceptors (Lipinski definition) is 7. The number of carbonyl (C=O) groups excluding carboxylic acids is 1. The predicted octanol–water partition coefficient (Wildman–Crippen LogP) is 0.882. The fourth-order valence-corrected chi connectivity index (χ4v) is 3.27. The number of amides is 1. The van der Waals surface area contributed by atoms with Gasteiger partial charge in [-0.05, 0) is 38.5 Å². The van der Waals surface area contributed by atoms with Crippen LogP contribution in [0.5, 0.6) is 0 Å². The van der Waals surface area contributed by atoms with Crippen LogP contribution in [-0.2, 0) is 4.74 Å². The molecular formula is C16H25N5O3. The van der Waals surface area contributed by atoms with Crippen LogP contribution in [0.4, 0.5) is 11.8 Å². The Morgan fingerprint density at radius 2 is 2.08 bits per heavy atom. The summed E-state index contributed by atoms with van der Waals surface area (Å²) in [4.78, 5) is 20.3. The van der Waals surface area contributed by atoms with Gasteiger partial charge in [0.15, 0.2) is 0 Å². The van der Waals surface area contributed by atoms with Gasteiger partial charge in [-0.25, -0.2) is 4.98 Å². The third-order valence-electron chi connectivity index (χ3n) is 4.54. The van der Waals surface area contributed by atoms with Crippen LogP contribution in [0.3, 0.4) is 0 Å². The van der Waals surface area contributed by atoms with E-state index < -0.39 is 5.91 Å². The van der Waals surface area contributed by atoms with Crippen LogP contribution in [0.25, 0.3) is 0 Å². The number of aromatic nitrogens is 2. The Morgan fingerprint density at radius 3 is 2.79 bits per heavy atom. The first-order chi connectivity index (χ1) is 11.6. The molecule has 132 valence electrons. The second-order valence-electron chi connectivity index (χ2n) is 6.54. The van der Waals surface area contributed by atoms with Crippen molar-refractivity contribution in [2.75, 3.05) is 23.8 Å². The van der Waals surface area contributed by atoms with Crippen molar-refractivity contribution in [1.29, 1.82) is 0 Å². The van der Waals surface area contributed by atoms with Crippen LogP contribution in [0.1, 0.15) is 48.9 Å². The van der Waals surface area contributed by atoms with Crippen molar-refractivity contribution in [2.24, 2.45) is 5.73 Å². The van der Waals surface area contributed by atoms with Crippen molar-refractivity contribution in [2.45, 2.75) is 56.7 Å². The summed E-state index contributed by atoms with van der Waals surface area (Å²) >= 11 is 0. The van der Waals surface area contributed by atoms with Crippen molar-refractivity contribution in [3.63, 3.8) is 0 Å². The van der Waals surface area contributed by atoms with E-state index in [-0.39, 0.29) is 23.8 Å². The number of nitrogens with zero attached hydrogens (tertiary/aromatic N) is 2. The Morgan fingerprint density at radius 1 is 1.25 bits per heavy atom. The maximum atomic E-state index is 11.6. The molecule has 2 heterocycles. The van der Waals surface area contributed by atoms with Gasteiger partial charge in [0.05, 0.1) is 24.3 Å². The molecule has 2 unspecified atom stereocenters. The van der Waals surface area contributed by atoms with E-state index in [9.17, 15) is 9.90 Å². The molecule has 0 bridgehead atoms. The van der Waals surface area contributed by atoms with E-state index in [4.69, 9.17) is 10.5 Å². The van der Waals surface area contributed by atoms with Crippen molar-refractivity contribution in [3.05, 3.63) is 11.8 Å². The molecule has 1 saturated carbocycles. The number of carbonyl (C=O) groups is 1. The molecule has 0 aromatic carbocycles. The molecule has 1 aliphatic heterocycles. The van der Waals surface area contributed by atoms with Gasteiger partial charge in [-0.1, -0.05) is 0 Å². The second kappa shape index (κ2) is 7.76. The lowest BCUT2D eigenvalue weighted by molar-refractivity contribution is 0.0874. The van der Waals surface area contributed by atoms with Crippen LogP contribution in [0.15, 0.2) is 6.20 Å². The number of anilines is 2. The molecule has 2 aliphatic rings. The summed E-state index contributed by atoms with van der Waals surface area (Å²) < 4.78 is 5.44. The molecule has 1 amide bonds. The molecule has 5 N–H and O–H groups in total. The van der Waals surface area contributed by atoms with E-state index in [1.807, 2.05) is 0 Å². The molecule has 8 heteroatoms. The number of ether oxygens (including phenoxy) is 1. The lowest BCUT2D eigenvalue weighted by atomic mass is 9.93. The fourth-order valence-electron chi connectivity index (χ4n) is 3.27. The van der Waals surface area contributed by atoms with E-state index in [0.29, 0.717) is 24.8 Å². The minimum Gasteiger partial charge on any atom is -0.393 e. The van der Waals surface area contributed by atoms with Gasteiger partial charge < -0.3 is 26.2 Å². The quantitative estimate of drug-likeness (QED) is 0.630. The van der Waals surface area contributed by atoms with Crippen molar-refractivity contribution >= 4 is 17.7 Å². The van der Waals surface area contributed by atoms with Crippen molar-refractivity contribution < 1.29 is 14.6 Å². The lowest BCUT2D eigenvalue weighted by Gasteiger charge is -2.28. The summed E-state index contributed by atoms with van der Waals surface area (Å²) in [5, 5.41) is 16.3. The third-order valence-corrected chi connectivity index (χ3v) is 4.54. The van der Waals surface area contributed by atoms with Crippen LogP contribution in [0, 0.1) is 0 Å². The number of hydrogen-bond donors (Lipinski definition) is 4. The highest BCUT2D eigenvalue weighted by molar-refractivity contribution is 5.97. The van der Waals surface area contributed by atoms with Gasteiger partial charge in [0, 0.05) is 18.8 Å². The lowest BCUT2D eigenvalue weighted by Crippen LogP contribution is -2.33. The fraction of sp³-hybridized carbons (Fsp3) is 0.688. The van der Waals surface area contributed by atoms with Crippen LogP contribution >= 0.6 is 0 Å². The minimum absolute atomic E-state index is 0.0765. The minimum atomic E-state index is -0.568. The number of nitrogens with one attached hydrogen (secondary N) is 2. The highest BCUT2D eigenvalue weighted by atomic mass is 16.5. The number of nitrogens with two attached hydrogens (primary N) is 1. The Balaban J connectivity index is 1.73. The van der Waals surface area contributed by atoms with Crippen molar-refractivity contribution in [3.8, 4) is 0 Å². The van der Waals surface area contributed by atoms with Gasteiger partial charge in [-0.3, -0.25) is 4.79 Å². The second-order valence-corrected chi connectivity index (χ2v) is 6.54. The summed E-state index contributed by atoms with van der Waals surface area (Å²) in [6.07, 6.45) is 6.47. The van der Waals surface area contributed by atoms with Gasteiger partial charge in [-0.15, -0.1) is 0 Å². The highest BCUT2D eigenvalue weighted by Crippen LogP contribution is 2.24. The highest BCUT2D eigenvalue weighted by Gasteiger charge is 2.23. The monoisotopic (exact) mass is 335 g/mol. The van der Waals surface area contributed by atoms with Gasteiger partial charge in [0.1, 0.15) is 5.82 Å². The Labute approximate surface area is 141 Å². The average molecular weight is 335 g/mol. The topological polar surface area (TPSA) is 122 Å². The molecule has 24 heavy (non-hydrogen) atoms. The zero-order valence-corrected chi connectivity index (χ0v) is 13.7. The zero-order valence-electron chi connectivity index (χ0n) is 13.7. The van der Waals surface area contributed by atoms with Crippen LogP contribution in [0.2, 0.25) is 0 Å². The van der Waals surface area contributed by atoms with E-state index in [1.165, 1.54) is 6.20 Å². The van der Waals surface area contributed by atoms with E-state index in [1.54, 1.807) is 0 Å². The third kappa shape index (κ3) is 4.33. The van der Waals surface area contributed by atoms with Crippen molar-refractivity contribution in [1.82, 2.24) is 9.97 Å². The number of primary amides is 1. The molecule has 2 fully saturated rings. The number of aliphatic hydroxyl groups is 1. The van der Waals surface area contributed by atoms with Gasteiger partial charge in [0.25, 0.3) is 5.91 Å².